The lowest BCUT2D eigenvalue weighted by atomic mass is 9.93. The van der Waals surface area contributed by atoms with Crippen LogP contribution in [0.1, 0.15) is 62.4 Å². The number of halogens is 2. The number of pyridine rings is 1. The van der Waals surface area contributed by atoms with Crippen molar-refractivity contribution < 1.29 is 32.6 Å². The second-order valence-electron chi connectivity index (χ2n) is 17.1. The van der Waals surface area contributed by atoms with E-state index < -0.39 is 16.4 Å². The number of carbonyl (C=O) groups is 1. The van der Waals surface area contributed by atoms with Gasteiger partial charge in [-0.2, -0.15) is 4.98 Å². The van der Waals surface area contributed by atoms with E-state index in [1.807, 2.05) is 16.7 Å². The van der Waals surface area contributed by atoms with Gasteiger partial charge in [-0.05, 0) is 85.1 Å². The molecule has 0 amide bonds. The Bertz CT molecular complexity index is 1740. The highest BCUT2D eigenvalue weighted by molar-refractivity contribution is 6.76. The van der Waals surface area contributed by atoms with Gasteiger partial charge in [0.05, 0.1) is 30.0 Å². The number of hydrogen-bond acceptors (Lipinski definition) is 8. The van der Waals surface area contributed by atoms with E-state index in [-0.39, 0.29) is 60.1 Å². The Morgan fingerprint density at radius 2 is 1.76 bits per heavy atom. The van der Waals surface area contributed by atoms with Crippen LogP contribution in [0.5, 0.6) is 6.01 Å². The van der Waals surface area contributed by atoms with Crippen LogP contribution in [0.3, 0.4) is 0 Å². The summed E-state index contributed by atoms with van der Waals surface area (Å²) in [6.45, 7) is 21.3. The Morgan fingerprint density at radius 3 is 2.44 bits per heavy atom. The average Bonchev–Trinajstić information content (AvgIpc) is 3.75. The van der Waals surface area contributed by atoms with Crippen LogP contribution in [-0.2, 0) is 49.4 Å². The topological polar surface area (TPSA) is 93.9 Å². The van der Waals surface area contributed by atoms with E-state index in [1.54, 1.807) is 0 Å². The van der Waals surface area contributed by atoms with E-state index >= 15 is 4.39 Å². The molecular weight excluding hydrogens is 693 g/mol. The number of Topliss-reactive ketones (excluding diaryl/α,β-unsaturated/α-hetero) is 1. The predicted octanol–water partition coefficient (Wildman–Crippen LogP) is 7.88. The molecular formula is C37H53ClFN3O6Si2. The van der Waals surface area contributed by atoms with Crippen LogP contribution >= 0.6 is 11.6 Å². The Balaban J connectivity index is 1.25. The fraction of sp³-hybridized carbons (Fsp3) is 0.649. The van der Waals surface area contributed by atoms with Gasteiger partial charge in [0.15, 0.2) is 20.1 Å². The molecule has 5 atom stereocenters. The van der Waals surface area contributed by atoms with Crippen LogP contribution in [0.4, 0.5) is 4.39 Å². The third-order valence-electron chi connectivity index (χ3n) is 10.7. The molecule has 4 heterocycles. The summed E-state index contributed by atoms with van der Waals surface area (Å²) in [5.74, 6) is -0.325. The minimum Gasteiger partial charge on any atom is -0.456 e. The molecule has 1 aliphatic carbocycles. The number of aryl methyl sites for hydroxylation is 1. The van der Waals surface area contributed by atoms with Crippen molar-refractivity contribution in [2.45, 2.75) is 134 Å². The predicted molar refractivity (Wildman–Crippen MR) is 198 cm³/mol. The molecule has 2 saturated heterocycles. The molecule has 2 aromatic heterocycles. The fourth-order valence-corrected chi connectivity index (χ4v) is 9.24. The Hall–Kier alpha value is -2.20. The molecule has 13 heteroatoms. The van der Waals surface area contributed by atoms with Gasteiger partial charge in [-0.15, -0.1) is 0 Å². The van der Waals surface area contributed by atoms with Crippen LogP contribution in [-0.4, -0.2) is 80.9 Å². The quantitative estimate of drug-likeness (QED) is 0.129. The number of nitrogens with zero attached hydrogens (tertiary/aromatic N) is 3. The van der Waals surface area contributed by atoms with Crippen molar-refractivity contribution in [2.75, 3.05) is 19.8 Å². The number of aromatic nitrogens is 3. The molecule has 0 N–H and O–H groups in total. The molecule has 0 radical (unpaired) electrons. The van der Waals surface area contributed by atoms with Gasteiger partial charge in [-0.25, -0.2) is 9.37 Å². The molecule has 3 aliphatic rings. The molecule has 0 spiro atoms. The summed E-state index contributed by atoms with van der Waals surface area (Å²) in [7, 11) is -3.34. The van der Waals surface area contributed by atoms with Crippen molar-refractivity contribution in [3.05, 3.63) is 51.4 Å². The van der Waals surface area contributed by atoms with Gasteiger partial charge in [0, 0.05) is 21.1 Å². The lowest BCUT2D eigenvalue weighted by Crippen LogP contribution is -2.47. The van der Waals surface area contributed by atoms with Gasteiger partial charge in [0.2, 0.25) is 0 Å². The summed E-state index contributed by atoms with van der Waals surface area (Å²) < 4.78 is 49.3. The largest absolute Gasteiger partial charge is 0.456 e. The van der Waals surface area contributed by atoms with Crippen molar-refractivity contribution in [1.29, 1.82) is 0 Å². The van der Waals surface area contributed by atoms with E-state index in [9.17, 15) is 4.79 Å². The number of carbonyl (C=O) groups excluding carboxylic acids is 1. The molecule has 3 aromatic rings. The monoisotopic (exact) mass is 745 g/mol. The zero-order chi connectivity index (χ0) is 36.2. The standard InChI is InChI=1S/C37H53ClFN3O6Si2/c1-22(43)14-23-15-24-10-11-25(32(24)27(39)16-23)17-28-26(38)18-29-35(40-28)42(21-44-12-13-49(5,6)7)36(41-29)47-30-19-45-34-31(20-46-33(30)34)48-50(8,9)37(2,3)4/h15-16,18,25,30-31,33-34H,10-14,17,19-21H2,1-9H3/t25?,30-,31-,33-,34-/m1/s1. The normalized spacial score (nSPS) is 23.9. The van der Waals surface area contributed by atoms with Gasteiger partial charge >= 0.3 is 6.01 Å². The maximum Gasteiger partial charge on any atom is 0.301 e. The van der Waals surface area contributed by atoms with Gasteiger partial charge in [-0.3, -0.25) is 9.36 Å². The summed E-state index contributed by atoms with van der Waals surface area (Å²) in [4.78, 5) is 21.6. The molecule has 9 nitrogen and oxygen atoms in total. The first kappa shape index (κ1) is 37.6. The lowest BCUT2D eigenvalue weighted by molar-refractivity contribution is -0.116. The zero-order valence-electron chi connectivity index (χ0n) is 31.0. The third-order valence-corrected chi connectivity index (χ3v) is 17.3. The van der Waals surface area contributed by atoms with E-state index in [4.69, 9.17) is 44.9 Å². The summed E-state index contributed by atoms with van der Waals surface area (Å²) in [5, 5.41) is 0.548. The summed E-state index contributed by atoms with van der Waals surface area (Å²) in [6.07, 6.45) is 1.21. The summed E-state index contributed by atoms with van der Waals surface area (Å²) in [6, 6.07) is 6.68. The molecule has 1 aromatic carbocycles. The lowest BCUT2D eigenvalue weighted by Gasteiger charge is -2.39. The van der Waals surface area contributed by atoms with E-state index in [1.165, 1.54) is 13.0 Å². The van der Waals surface area contributed by atoms with Crippen molar-refractivity contribution in [1.82, 2.24) is 14.5 Å². The second kappa shape index (κ2) is 14.3. The van der Waals surface area contributed by atoms with Crippen LogP contribution in [0, 0.1) is 5.82 Å². The van der Waals surface area contributed by atoms with E-state index in [0.29, 0.717) is 59.7 Å². The minimum absolute atomic E-state index is 0.0171. The molecule has 2 aliphatic heterocycles. The first-order valence-corrected chi connectivity index (χ1v) is 24.9. The highest BCUT2D eigenvalue weighted by Crippen LogP contribution is 2.42. The summed E-state index contributed by atoms with van der Waals surface area (Å²) in [5.41, 5.74) is 4.25. The molecule has 0 saturated carbocycles. The maximum absolute atomic E-state index is 15.4. The molecule has 0 bridgehead atoms. The molecule has 6 rings (SSSR count). The Kier molecular flexibility index (Phi) is 10.8. The maximum atomic E-state index is 15.4. The number of fused-ring (bicyclic) bond motifs is 3. The number of ketones is 1. The second-order valence-corrected chi connectivity index (χ2v) is 27.9. The molecule has 50 heavy (non-hydrogen) atoms. The highest BCUT2D eigenvalue weighted by atomic mass is 35.5. The fourth-order valence-electron chi connectivity index (χ4n) is 6.95. The third kappa shape index (κ3) is 8.06. The number of ether oxygens (including phenoxy) is 4. The summed E-state index contributed by atoms with van der Waals surface area (Å²) >= 11 is 6.85. The van der Waals surface area contributed by atoms with Crippen LogP contribution in [0.2, 0.25) is 48.8 Å². The van der Waals surface area contributed by atoms with Gasteiger partial charge < -0.3 is 23.4 Å². The Labute approximate surface area is 302 Å². The molecule has 1 unspecified atom stereocenters. The number of rotatable bonds is 13. The van der Waals surface area contributed by atoms with Crippen LogP contribution in [0.15, 0.2) is 18.2 Å². The van der Waals surface area contributed by atoms with Crippen molar-refractivity contribution in [3.8, 4) is 6.01 Å². The average molecular weight is 746 g/mol. The zero-order valence-corrected chi connectivity index (χ0v) is 33.8. The van der Waals surface area contributed by atoms with Crippen LogP contribution in [0.25, 0.3) is 11.2 Å². The van der Waals surface area contributed by atoms with Gasteiger partial charge in [0.1, 0.15) is 36.1 Å². The van der Waals surface area contributed by atoms with E-state index in [2.05, 4.69) is 53.5 Å². The highest BCUT2D eigenvalue weighted by Gasteiger charge is 2.52. The van der Waals surface area contributed by atoms with Crippen molar-refractivity contribution >= 4 is 44.9 Å². The number of hydrogen-bond donors (Lipinski definition) is 0. The smallest absolute Gasteiger partial charge is 0.301 e. The van der Waals surface area contributed by atoms with Crippen molar-refractivity contribution in [2.24, 2.45) is 0 Å². The first-order chi connectivity index (χ1) is 23.4. The van der Waals surface area contributed by atoms with E-state index in [0.717, 1.165) is 30.0 Å². The van der Waals surface area contributed by atoms with Crippen LogP contribution < -0.4 is 4.74 Å². The first-order valence-electron chi connectivity index (χ1n) is 17.9. The number of benzene rings is 1. The number of imidazole rings is 1. The molecule has 274 valence electrons. The minimum atomic E-state index is -2.03. The van der Waals surface area contributed by atoms with Gasteiger partial charge in [-0.1, -0.05) is 58.1 Å². The van der Waals surface area contributed by atoms with Gasteiger partial charge in [0.25, 0.3) is 0 Å². The Morgan fingerprint density at radius 1 is 1.06 bits per heavy atom. The molecule has 2 fully saturated rings. The van der Waals surface area contributed by atoms with Crippen molar-refractivity contribution in [3.63, 3.8) is 0 Å². The SMILES string of the molecule is CC(=O)Cc1cc(F)c2c(c1)CCC2Cc1nc2c(cc1Cl)nc(O[C@@H]1CO[C@H]3[C@@H]1OC[C@H]3O[Si](C)(C)C(C)(C)C)n2COCC[Si](C)(C)C.